The molecule has 1 fully saturated rings. The lowest BCUT2D eigenvalue weighted by Crippen LogP contribution is -2.46. The Labute approximate surface area is 106 Å². The average molecular weight is 246 g/mol. The molecule has 0 saturated carbocycles. The highest BCUT2D eigenvalue weighted by Crippen LogP contribution is 2.37. The molecule has 4 nitrogen and oxygen atoms in total. The van der Waals surface area contributed by atoms with Gasteiger partial charge in [-0.05, 0) is 18.6 Å². The smallest absolute Gasteiger partial charge is 0.255 e. The number of Topliss-reactive ketones (excluding diaryl/α,β-unsaturated/α-hetero) is 1. The Bertz CT molecular complexity index is 471. The molecule has 4 heteroatoms. The fourth-order valence-electron chi connectivity index (χ4n) is 2.58. The Morgan fingerprint density at radius 2 is 2.33 bits per heavy atom. The van der Waals surface area contributed by atoms with E-state index >= 15 is 0 Å². The molecule has 1 N–H and O–H groups in total. The minimum Gasteiger partial charge on any atom is -0.379 e. The lowest BCUT2D eigenvalue weighted by molar-refractivity contribution is -0.148. The molecule has 1 aliphatic heterocycles. The highest BCUT2D eigenvalue weighted by atomic mass is 16.3. The fourth-order valence-corrected chi connectivity index (χ4v) is 2.58. The molecule has 0 aromatic heterocycles. The van der Waals surface area contributed by atoms with Crippen molar-refractivity contribution in [2.75, 3.05) is 13.6 Å². The zero-order valence-electron chi connectivity index (χ0n) is 10.5. The van der Waals surface area contributed by atoms with E-state index in [-0.39, 0.29) is 18.1 Å². The van der Waals surface area contributed by atoms with E-state index in [1.54, 1.807) is 31.3 Å². The van der Waals surface area contributed by atoms with Crippen LogP contribution in [0.3, 0.4) is 0 Å². The standard InChI is InChI=1S/C14H16NO3/c1-10(16)12(11-6-4-3-5-7-11)14(18)8-9-15(2)13(14)17/h3-4,6-7,12,18H,8-9H2,1-2H3/t12?,14-/m1/s1. The van der Waals surface area contributed by atoms with Crippen LogP contribution in [0.15, 0.2) is 24.3 Å². The summed E-state index contributed by atoms with van der Waals surface area (Å²) < 4.78 is 0. The molecule has 1 aliphatic rings. The van der Waals surface area contributed by atoms with E-state index in [9.17, 15) is 14.7 Å². The molecular weight excluding hydrogens is 230 g/mol. The van der Waals surface area contributed by atoms with Gasteiger partial charge in [-0.1, -0.05) is 24.3 Å². The topological polar surface area (TPSA) is 57.6 Å². The van der Waals surface area contributed by atoms with Crippen LogP contribution in [0.4, 0.5) is 0 Å². The Morgan fingerprint density at radius 3 is 2.78 bits per heavy atom. The summed E-state index contributed by atoms with van der Waals surface area (Å²) in [6, 6.07) is 9.73. The van der Waals surface area contributed by atoms with Crippen molar-refractivity contribution < 1.29 is 14.7 Å². The van der Waals surface area contributed by atoms with Gasteiger partial charge in [0.25, 0.3) is 5.91 Å². The summed E-state index contributed by atoms with van der Waals surface area (Å²) in [5, 5.41) is 10.6. The number of likely N-dealkylation sites (N-methyl/N-ethyl adjacent to an activating group) is 1. The number of benzene rings is 1. The minimum atomic E-state index is -1.62. The molecule has 0 bridgehead atoms. The van der Waals surface area contributed by atoms with Gasteiger partial charge >= 0.3 is 0 Å². The maximum absolute atomic E-state index is 12.1. The van der Waals surface area contributed by atoms with Crippen molar-refractivity contribution in [1.82, 2.24) is 4.90 Å². The van der Waals surface area contributed by atoms with E-state index in [0.717, 1.165) is 0 Å². The Morgan fingerprint density at radius 1 is 1.61 bits per heavy atom. The summed E-state index contributed by atoms with van der Waals surface area (Å²) in [7, 11) is 1.63. The number of hydrogen-bond acceptors (Lipinski definition) is 3. The van der Waals surface area contributed by atoms with Crippen molar-refractivity contribution >= 4 is 11.7 Å². The van der Waals surface area contributed by atoms with Gasteiger partial charge < -0.3 is 10.0 Å². The summed E-state index contributed by atoms with van der Waals surface area (Å²) >= 11 is 0. The van der Waals surface area contributed by atoms with Crippen LogP contribution < -0.4 is 0 Å². The van der Waals surface area contributed by atoms with Gasteiger partial charge in [-0.25, -0.2) is 0 Å². The zero-order chi connectivity index (χ0) is 13.3. The molecule has 1 unspecified atom stereocenters. The highest BCUT2D eigenvalue weighted by Gasteiger charge is 2.51. The molecule has 1 radical (unpaired) electrons. The Hall–Kier alpha value is -1.68. The van der Waals surface area contributed by atoms with Gasteiger partial charge in [0.15, 0.2) is 5.60 Å². The molecule has 95 valence electrons. The number of hydrogen-bond donors (Lipinski definition) is 1. The molecule has 1 aromatic carbocycles. The van der Waals surface area contributed by atoms with Crippen molar-refractivity contribution in [3.63, 3.8) is 0 Å². The van der Waals surface area contributed by atoms with Crippen LogP contribution in [0.5, 0.6) is 0 Å². The molecule has 1 saturated heterocycles. The van der Waals surface area contributed by atoms with Gasteiger partial charge in [-0.3, -0.25) is 9.59 Å². The Balaban J connectivity index is 2.44. The first-order chi connectivity index (χ1) is 8.47. The second-order valence-electron chi connectivity index (χ2n) is 4.78. The van der Waals surface area contributed by atoms with Gasteiger partial charge in [0.1, 0.15) is 5.78 Å². The SMILES string of the molecule is CC(=O)C(c1c[c]ccc1)[C@]1(O)CCN(C)C1=O. The molecule has 1 aromatic rings. The summed E-state index contributed by atoms with van der Waals surface area (Å²) in [4.78, 5) is 25.4. The molecule has 18 heavy (non-hydrogen) atoms. The molecule has 0 spiro atoms. The van der Waals surface area contributed by atoms with Gasteiger partial charge in [0.2, 0.25) is 0 Å². The van der Waals surface area contributed by atoms with E-state index in [0.29, 0.717) is 12.1 Å². The van der Waals surface area contributed by atoms with Crippen molar-refractivity contribution in [2.24, 2.45) is 0 Å². The van der Waals surface area contributed by atoms with Gasteiger partial charge in [-0.2, -0.15) is 0 Å². The van der Waals surface area contributed by atoms with Crippen LogP contribution in [0.25, 0.3) is 0 Å². The lowest BCUT2D eigenvalue weighted by Gasteiger charge is -2.29. The molecule has 2 rings (SSSR count). The lowest BCUT2D eigenvalue weighted by atomic mass is 9.78. The second kappa shape index (κ2) is 4.53. The Kier molecular flexibility index (Phi) is 3.22. The third-order valence-corrected chi connectivity index (χ3v) is 3.49. The van der Waals surface area contributed by atoms with E-state index in [4.69, 9.17) is 0 Å². The van der Waals surface area contributed by atoms with Crippen LogP contribution in [-0.2, 0) is 9.59 Å². The largest absolute Gasteiger partial charge is 0.379 e. The van der Waals surface area contributed by atoms with Gasteiger partial charge in [0.05, 0.1) is 5.92 Å². The summed E-state index contributed by atoms with van der Waals surface area (Å²) in [6.07, 6.45) is 0.279. The van der Waals surface area contributed by atoms with E-state index in [1.807, 2.05) is 0 Å². The highest BCUT2D eigenvalue weighted by molar-refractivity contribution is 5.97. The van der Waals surface area contributed by atoms with Crippen molar-refractivity contribution in [3.05, 3.63) is 35.9 Å². The van der Waals surface area contributed by atoms with Gasteiger partial charge in [-0.15, -0.1) is 0 Å². The first kappa shape index (κ1) is 12.8. The van der Waals surface area contributed by atoms with E-state index < -0.39 is 11.5 Å². The number of carbonyl (C=O) groups excluding carboxylic acids is 2. The van der Waals surface area contributed by atoms with Crippen LogP contribution >= 0.6 is 0 Å². The number of rotatable bonds is 3. The second-order valence-corrected chi connectivity index (χ2v) is 4.78. The van der Waals surface area contributed by atoms with Crippen molar-refractivity contribution in [1.29, 1.82) is 0 Å². The maximum Gasteiger partial charge on any atom is 0.255 e. The predicted octanol–water partition coefficient (Wildman–Crippen LogP) is 0.753. The number of amides is 1. The molecule has 2 atom stereocenters. The quantitative estimate of drug-likeness (QED) is 0.856. The van der Waals surface area contributed by atoms with Crippen molar-refractivity contribution in [3.8, 4) is 0 Å². The van der Waals surface area contributed by atoms with E-state index in [2.05, 4.69) is 6.07 Å². The van der Waals surface area contributed by atoms with Crippen LogP contribution in [0.1, 0.15) is 24.8 Å². The third kappa shape index (κ3) is 1.93. The van der Waals surface area contributed by atoms with Gasteiger partial charge in [0, 0.05) is 20.0 Å². The number of aliphatic hydroxyl groups is 1. The molecule has 1 amide bonds. The summed E-state index contributed by atoms with van der Waals surface area (Å²) in [5.41, 5.74) is -0.980. The van der Waals surface area contributed by atoms with Crippen LogP contribution in [0, 0.1) is 6.07 Å². The zero-order valence-corrected chi connectivity index (χ0v) is 10.5. The molecule has 0 aliphatic carbocycles. The minimum absolute atomic E-state index is 0.208. The number of ketones is 1. The fraction of sp³-hybridized carbons (Fsp3) is 0.429. The number of carbonyl (C=O) groups is 2. The average Bonchev–Trinajstić information content (AvgIpc) is 2.59. The monoisotopic (exact) mass is 246 g/mol. The molecule has 1 heterocycles. The normalized spacial score (nSPS) is 25.3. The summed E-state index contributed by atoms with van der Waals surface area (Å²) in [5.74, 6) is -1.40. The van der Waals surface area contributed by atoms with E-state index in [1.165, 1.54) is 11.8 Å². The van der Waals surface area contributed by atoms with Crippen LogP contribution in [0.2, 0.25) is 0 Å². The first-order valence-corrected chi connectivity index (χ1v) is 5.91. The maximum atomic E-state index is 12.1. The molecular formula is C14H16NO3. The number of likely N-dealkylation sites (tertiary alicyclic amines) is 1. The predicted molar refractivity (Wildman–Crippen MR) is 65.9 cm³/mol. The summed E-state index contributed by atoms with van der Waals surface area (Å²) in [6.45, 7) is 1.87. The number of nitrogens with zero attached hydrogens (tertiary/aromatic N) is 1. The van der Waals surface area contributed by atoms with Crippen molar-refractivity contribution in [2.45, 2.75) is 24.9 Å². The van der Waals surface area contributed by atoms with Crippen LogP contribution in [-0.4, -0.2) is 40.9 Å². The first-order valence-electron chi connectivity index (χ1n) is 5.91. The third-order valence-electron chi connectivity index (χ3n) is 3.49.